The van der Waals surface area contributed by atoms with E-state index < -0.39 is 10.9 Å². The first-order chi connectivity index (χ1) is 11.0. The summed E-state index contributed by atoms with van der Waals surface area (Å²) in [5.74, 6) is 0. The first-order valence-electron chi connectivity index (χ1n) is 7.84. The zero-order valence-corrected chi connectivity index (χ0v) is 14.2. The Morgan fingerprint density at radius 3 is 2.35 bits per heavy atom. The van der Waals surface area contributed by atoms with Crippen molar-refractivity contribution in [1.29, 1.82) is 0 Å². The van der Waals surface area contributed by atoms with E-state index in [1.165, 1.54) is 0 Å². The van der Waals surface area contributed by atoms with Gasteiger partial charge < -0.3 is 15.4 Å². The average molecular weight is 320 g/mol. The minimum absolute atomic E-state index is 0.371. The SMILES string of the molecule is CCn1nc(C)c(CNc2c(NCCCOC)c(=O)c2=O)c1C. The van der Waals surface area contributed by atoms with Gasteiger partial charge in [-0.3, -0.25) is 14.3 Å². The maximum Gasteiger partial charge on any atom is 0.253 e. The molecule has 0 atom stereocenters. The third-order valence-electron chi connectivity index (χ3n) is 4.01. The molecule has 7 nitrogen and oxygen atoms in total. The summed E-state index contributed by atoms with van der Waals surface area (Å²) in [6.07, 6.45) is 0.774. The summed E-state index contributed by atoms with van der Waals surface area (Å²) in [5, 5.41) is 10.6. The molecular formula is C16H24N4O3. The summed E-state index contributed by atoms with van der Waals surface area (Å²) in [7, 11) is 1.63. The molecule has 0 saturated carbocycles. The minimum atomic E-state index is -0.461. The van der Waals surface area contributed by atoms with Gasteiger partial charge in [0.1, 0.15) is 11.4 Å². The molecule has 0 fully saturated rings. The van der Waals surface area contributed by atoms with Crippen LogP contribution in [0.5, 0.6) is 0 Å². The number of aromatic nitrogens is 2. The van der Waals surface area contributed by atoms with Crippen LogP contribution in [0.4, 0.5) is 11.4 Å². The van der Waals surface area contributed by atoms with Crippen molar-refractivity contribution in [3.05, 3.63) is 37.4 Å². The zero-order chi connectivity index (χ0) is 17.0. The summed E-state index contributed by atoms with van der Waals surface area (Å²) in [5.41, 5.74) is 2.90. The highest BCUT2D eigenvalue weighted by molar-refractivity contribution is 5.74. The fraction of sp³-hybridized carbons (Fsp3) is 0.562. The number of anilines is 2. The molecule has 23 heavy (non-hydrogen) atoms. The number of hydrogen-bond donors (Lipinski definition) is 2. The minimum Gasteiger partial charge on any atom is -0.385 e. The molecule has 7 heteroatoms. The molecule has 2 rings (SSSR count). The fourth-order valence-corrected chi connectivity index (χ4v) is 2.63. The number of methoxy groups -OCH3 is 1. The van der Waals surface area contributed by atoms with Crippen molar-refractivity contribution in [3.8, 4) is 0 Å². The lowest BCUT2D eigenvalue weighted by atomic mass is 10.1. The predicted molar refractivity (Wildman–Crippen MR) is 91.0 cm³/mol. The molecule has 0 radical (unpaired) electrons. The van der Waals surface area contributed by atoms with Gasteiger partial charge >= 0.3 is 0 Å². The molecule has 2 aromatic rings. The van der Waals surface area contributed by atoms with Crippen LogP contribution in [0.2, 0.25) is 0 Å². The van der Waals surface area contributed by atoms with Gasteiger partial charge in [0, 0.05) is 44.6 Å². The fourth-order valence-electron chi connectivity index (χ4n) is 2.63. The highest BCUT2D eigenvalue weighted by Crippen LogP contribution is 2.18. The lowest BCUT2D eigenvalue weighted by Gasteiger charge is -2.15. The van der Waals surface area contributed by atoms with Crippen LogP contribution < -0.4 is 21.5 Å². The molecule has 1 aromatic heterocycles. The van der Waals surface area contributed by atoms with Crippen molar-refractivity contribution in [2.24, 2.45) is 0 Å². The first-order valence-corrected chi connectivity index (χ1v) is 7.84. The van der Waals surface area contributed by atoms with Gasteiger partial charge in [-0.05, 0) is 27.2 Å². The van der Waals surface area contributed by atoms with Crippen LogP contribution in [0.1, 0.15) is 30.3 Å². The molecule has 0 aliphatic heterocycles. The Bertz CT molecular complexity index is 741. The van der Waals surface area contributed by atoms with Crippen molar-refractivity contribution >= 4 is 11.4 Å². The van der Waals surface area contributed by atoms with E-state index in [0.717, 1.165) is 29.9 Å². The molecule has 0 spiro atoms. The van der Waals surface area contributed by atoms with Gasteiger partial charge in [-0.2, -0.15) is 5.10 Å². The molecule has 0 unspecified atom stereocenters. The van der Waals surface area contributed by atoms with Gasteiger partial charge in [-0.1, -0.05) is 0 Å². The van der Waals surface area contributed by atoms with Crippen molar-refractivity contribution < 1.29 is 4.74 Å². The highest BCUT2D eigenvalue weighted by atomic mass is 16.5. The van der Waals surface area contributed by atoms with Crippen LogP contribution in [0.25, 0.3) is 0 Å². The van der Waals surface area contributed by atoms with Crippen LogP contribution in [-0.2, 0) is 17.8 Å². The van der Waals surface area contributed by atoms with Gasteiger partial charge in [0.15, 0.2) is 0 Å². The standard InChI is InChI=1S/C16H24N4O3/c1-5-20-11(3)12(10(2)19-20)9-18-14-13(15(21)16(14)22)17-7-6-8-23-4/h17-18H,5-9H2,1-4H3. The molecule has 2 N–H and O–H groups in total. The number of nitrogens with zero attached hydrogens (tertiary/aromatic N) is 2. The van der Waals surface area contributed by atoms with Crippen LogP contribution in [0.3, 0.4) is 0 Å². The Kier molecular flexibility index (Phi) is 5.54. The smallest absolute Gasteiger partial charge is 0.253 e. The Balaban J connectivity index is 2.04. The van der Waals surface area contributed by atoms with E-state index in [2.05, 4.69) is 15.7 Å². The summed E-state index contributed by atoms with van der Waals surface area (Å²) in [6.45, 7) is 8.48. The molecule has 126 valence electrons. The first kappa shape index (κ1) is 17.2. The topological polar surface area (TPSA) is 85.2 Å². The Hall–Kier alpha value is -2.15. The Morgan fingerprint density at radius 2 is 1.78 bits per heavy atom. The van der Waals surface area contributed by atoms with Crippen LogP contribution in [0.15, 0.2) is 9.59 Å². The Morgan fingerprint density at radius 1 is 1.13 bits per heavy atom. The summed E-state index contributed by atoms with van der Waals surface area (Å²) in [6, 6.07) is 0. The van der Waals surface area contributed by atoms with E-state index in [9.17, 15) is 9.59 Å². The van der Waals surface area contributed by atoms with E-state index in [-0.39, 0.29) is 0 Å². The van der Waals surface area contributed by atoms with Gasteiger partial charge in [0.05, 0.1) is 5.69 Å². The van der Waals surface area contributed by atoms with Crippen LogP contribution in [0, 0.1) is 13.8 Å². The van der Waals surface area contributed by atoms with E-state index in [0.29, 0.717) is 31.1 Å². The zero-order valence-electron chi connectivity index (χ0n) is 14.2. The van der Waals surface area contributed by atoms with Crippen molar-refractivity contribution in [2.45, 2.75) is 40.3 Å². The predicted octanol–water partition coefficient (Wildman–Crippen LogP) is 1.18. The second-order valence-corrected chi connectivity index (χ2v) is 5.50. The van der Waals surface area contributed by atoms with E-state index >= 15 is 0 Å². The molecule has 0 amide bonds. The summed E-state index contributed by atoms with van der Waals surface area (Å²) in [4.78, 5) is 23.4. The maximum absolute atomic E-state index is 11.8. The summed E-state index contributed by atoms with van der Waals surface area (Å²) >= 11 is 0. The number of aryl methyl sites for hydroxylation is 2. The van der Waals surface area contributed by atoms with Crippen molar-refractivity contribution in [3.63, 3.8) is 0 Å². The molecule has 0 bridgehead atoms. The third-order valence-corrected chi connectivity index (χ3v) is 4.01. The molecule has 1 aromatic carbocycles. The van der Waals surface area contributed by atoms with Gasteiger partial charge in [0.2, 0.25) is 0 Å². The molecule has 0 aliphatic rings. The maximum atomic E-state index is 11.8. The van der Waals surface area contributed by atoms with Crippen LogP contribution >= 0.6 is 0 Å². The molecule has 0 aliphatic carbocycles. The normalized spacial score (nSPS) is 11.1. The number of ether oxygens (including phenoxy) is 1. The molecule has 0 saturated heterocycles. The third kappa shape index (κ3) is 3.44. The molecule has 1 heterocycles. The van der Waals surface area contributed by atoms with E-state index in [1.54, 1.807) is 7.11 Å². The number of hydrogen-bond acceptors (Lipinski definition) is 6. The largest absolute Gasteiger partial charge is 0.385 e. The Labute approximate surface area is 135 Å². The van der Waals surface area contributed by atoms with Crippen molar-refractivity contribution in [1.82, 2.24) is 9.78 Å². The second kappa shape index (κ2) is 7.41. The van der Waals surface area contributed by atoms with Gasteiger partial charge in [-0.25, -0.2) is 0 Å². The van der Waals surface area contributed by atoms with Crippen molar-refractivity contribution in [2.75, 3.05) is 30.9 Å². The number of nitrogens with one attached hydrogen (secondary N) is 2. The quantitative estimate of drug-likeness (QED) is 0.533. The number of rotatable bonds is 9. The summed E-state index contributed by atoms with van der Waals surface area (Å²) < 4.78 is 6.89. The highest BCUT2D eigenvalue weighted by Gasteiger charge is 2.21. The second-order valence-electron chi connectivity index (χ2n) is 5.50. The van der Waals surface area contributed by atoms with E-state index in [1.807, 2.05) is 25.5 Å². The van der Waals surface area contributed by atoms with Gasteiger partial charge in [0.25, 0.3) is 10.9 Å². The monoisotopic (exact) mass is 320 g/mol. The lowest BCUT2D eigenvalue weighted by molar-refractivity contribution is 0.198. The lowest BCUT2D eigenvalue weighted by Crippen LogP contribution is -2.37. The average Bonchev–Trinajstić information content (AvgIpc) is 2.83. The van der Waals surface area contributed by atoms with Gasteiger partial charge in [-0.15, -0.1) is 0 Å². The van der Waals surface area contributed by atoms with E-state index in [4.69, 9.17) is 4.74 Å². The molecular weight excluding hydrogens is 296 g/mol. The van der Waals surface area contributed by atoms with Crippen LogP contribution in [-0.4, -0.2) is 30.0 Å².